The second-order valence-electron chi connectivity index (χ2n) is 6.64. The Kier molecular flexibility index (Phi) is 5.01. The number of aromatic nitrogens is 3. The number of fused-ring (bicyclic) bond motifs is 1. The predicted octanol–water partition coefficient (Wildman–Crippen LogP) is 2.66. The second-order valence-corrected chi connectivity index (χ2v) is 6.64. The van der Waals surface area contributed by atoms with Crippen molar-refractivity contribution < 1.29 is 19.0 Å². The Hall–Kier alpha value is -3.29. The molecule has 0 radical (unpaired) electrons. The highest BCUT2D eigenvalue weighted by atomic mass is 16.5. The average molecular weight is 382 g/mol. The van der Waals surface area contributed by atoms with Gasteiger partial charge >= 0.3 is 0 Å². The molecule has 1 unspecified atom stereocenters. The Morgan fingerprint density at radius 2 is 1.96 bits per heavy atom. The number of likely N-dealkylation sites (tertiary alicyclic amines) is 1. The molecular formula is C20H22N4O4. The molecule has 1 aromatic carbocycles. The molecule has 1 atom stereocenters. The van der Waals surface area contributed by atoms with Crippen molar-refractivity contribution in [3.05, 3.63) is 42.4 Å². The average Bonchev–Trinajstić information content (AvgIpc) is 3.17. The number of benzene rings is 1. The molecule has 1 aliphatic heterocycles. The fourth-order valence-corrected chi connectivity index (χ4v) is 3.43. The van der Waals surface area contributed by atoms with Crippen molar-refractivity contribution in [1.29, 1.82) is 0 Å². The summed E-state index contributed by atoms with van der Waals surface area (Å²) in [6, 6.07) is 7.56. The zero-order valence-electron chi connectivity index (χ0n) is 15.8. The fraction of sp³-hybridized carbons (Fsp3) is 0.350. The molecule has 8 nitrogen and oxygen atoms in total. The van der Waals surface area contributed by atoms with Gasteiger partial charge in [-0.2, -0.15) is 0 Å². The summed E-state index contributed by atoms with van der Waals surface area (Å²) in [7, 11) is 3.15. The molecular weight excluding hydrogens is 360 g/mol. The summed E-state index contributed by atoms with van der Waals surface area (Å²) in [6.45, 7) is 1.17. The van der Waals surface area contributed by atoms with Gasteiger partial charge in [0.25, 0.3) is 17.7 Å². The maximum Gasteiger partial charge on any atom is 0.278 e. The molecule has 3 aromatic rings. The lowest BCUT2D eigenvalue weighted by atomic mass is 10.1. The van der Waals surface area contributed by atoms with Crippen LogP contribution in [0.15, 0.2) is 36.7 Å². The van der Waals surface area contributed by atoms with Crippen LogP contribution >= 0.6 is 0 Å². The summed E-state index contributed by atoms with van der Waals surface area (Å²) < 4.78 is 16.4. The van der Waals surface area contributed by atoms with Crippen molar-refractivity contribution in [3.63, 3.8) is 0 Å². The van der Waals surface area contributed by atoms with Crippen LogP contribution in [0.1, 0.15) is 23.3 Å². The lowest BCUT2D eigenvalue weighted by Crippen LogP contribution is -2.44. The molecule has 1 amide bonds. The van der Waals surface area contributed by atoms with E-state index in [0.29, 0.717) is 30.5 Å². The monoisotopic (exact) mass is 382 g/mol. The van der Waals surface area contributed by atoms with Crippen LogP contribution in [-0.4, -0.2) is 59.2 Å². The van der Waals surface area contributed by atoms with Crippen LogP contribution in [0.4, 0.5) is 0 Å². The SMILES string of the molecule is COc1ccc2cc(C(=O)N3CCCC(Oc4nccnc4OC)C3)[nH]c2c1. The number of nitrogens with one attached hydrogen (secondary N) is 1. The molecule has 1 N–H and O–H groups in total. The maximum atomic E-state index is 13.0. The van der Waals surface area contributed by atoms with Crippen LogP contribution in [-0.2, 0) is 0 Å². The summed E-state index contributed by atoms with van der Waals surface area (Å²) in [5.41, 5.74) is 1.43. The summed E-state index contributed by atoms with van der Waals surface area (Å²) in [6.07, 6.45) is 4.64. The van der Waals surface area contributed by atoms with Gasteiger partial charge in [-0.1, -0.05) is 0 Å². The largest absolute Gasteiger partial charge is 0.497 e. The van der Waals surface area contributed by atoms with E-state index in [1.807, 2.05) is 24.3 Å². The number of carbonyl (C=O) groups excluding carboxylic acids is 1. The van der Waals surface area contributed by atoms with E-state index in [9.17, 15) is 4.79 Å². The Labute approximate surface area is 162 Å². The van der Waals surface area contributed by atoms with Gasteiger partial charge in [0.1, 0.15) is 17.5 Å². The number of hydrogen-bond acceptors (Lipinski definition) is 6. The Morgan fingerprint density at radius 1 is 1.14 bits per heavy atom. The van der Waals surface area contributed by atoms with Crippen molar-refractivity contribution in [3.8, 4) is 17.5 Å². The molecule has 3 heterocycles. The van der Waals surface area contributed by atoms with Crippen molar-refractivity contribution in [2.24, 2.45) is 0 Å². The highest BCUT2D eigenvalue weighted by molar-refractivity contribution is 5.98. The number of piperidine rings is 1. The highest BCUT2D eigenvalue weighted by Gasteiger charge is 2.27. The molecule has 4 rings (SSSR count). The standard InChI is InChI=1S/C20H22N4O4/c1-26-14-6-5-13-10-17(23-16(13)11-14)20(25)24-9-3-4-15(12-24)28-19-18(27-2)21-7-8-22-19/h5-8,10-11,15,23H,3-4,9,12H2,1-2H3. The number of methoxy groups -OCH3 is 2. The topological polar surface area (TPSA) is 89.6 Å². The zero-order valence-corrected chi connectivity index (χ0v) is 15.8. The molecule has 0 bridgehead atoms. The Morgan fingerprint density at radius 3 is 2.75 bits per heavy atom. The molecule has 0 aliphatic carbocycles. The van der Waals surface area contributed by atoms with E-state index in [2.05, 4.69) is 15.0 Å². The Balaban J connectivity index is 1.49. The van der Waals surface area contributed by atoms with Crippen molar-refractivity contribution >= 4 is 16.8 Å². The van der Waals surface area contributed by atoms with Gasteiger partial charge in [0.15, 0.2) is 0 Å². The van der Waals surface area contributed by atoms with Gasteiger partial charge in [-0.3, -0.25) is 4.79 Å². The van der Waals surface area contributed by atoms with Crippen LogP contribution < -0.4 is 14.2 Å². The predicted molar refractivity (Wildman–Crippen MR) is 103 cm³/mol. The first-order valence-electron chi connectivity index (χ1n) is 9.15. The molecule has 1 aliphatic rings. The third-order valence-corrected chi connectivity index (χ3v) is 4.83. The van der Waals surface area contributed by atoms with Crippen LogP contribution in [0.5, 0.6) is 17.5 Å². The number of hydrogen-bond donors (Lipinski definition) is 1. The number of nitrogens with zero attached hydrogens (tertiary/aromatic N) is 3. The molecule has 2 aromatic heterocycles. The van der Waals surface area contributed by atoms with Gasteiger partial charge in [-0.15, -0.1) is 0 Å². The minimum absolute atomic E-state index is 0.0467. The summed E-state index contributed by atoms with van der Waals surface area (Å²) >= 11 is 0. The summed E-state index contributed by atoms with van der Waals surface area (Å²) in [5, 5.41) is 0.971. The maximum absolute atomic E-state index is 13.0. The first kappa shape index (κ1) is 18.1. The minimum atomic E-state index is -0.159. The van der Waals surface area contributed by atoms with E-state index >= 15 is 0 Å². The third kappa shape index (κ3) is 3.58. The first-order valence-corrected chi connectivity index (χ1v) is 9.15. The number of ether oxygens (including phenoxy) is 3. The summed E-state index contributed by atoms with van der Waals surface area (Å²) in [4.78, 5) is 26.3. The van der Waals surface area contributed by atoms with E-state index < -0.39 is 0 Å². The molecule has 1 fully saturated rings. The highest BCUT2D eigenvalue weighted by Crippen LogP contribution is 2.26. The molecule has 0 saturated carbocycles. The molecule has 146 valence electrons. The van der Waals surface area contributed by atoms with Crippen LogP contribution in [0.2, 0.25) is 0 Å². The molecule has 28 heavy (non-hydrogen) atoms. The lowest BCUT2D eigenvalue weighted by molar-refractivity contribution is 0.0515. The van der Waals surface area contributed by atoms with E-state index in [0.717, 1.165) is 29.5 Å². The van der Waals surface area contributed by atoms with Gasteiger partial charge in [0.2, 0.25) is 0 Å². The molecule has 0 spiro atoms. The number of rotatable bonds is 5. The van der Waals surface area contributed by atoms with Gasteiger partial charge in [0, 0.05) is 35.9 Å². The van der Waals surface area contributed by atoms with Gasteiger partial charge in [0.05, 0.1) is 20.8 Å². The van der Waals surface area contributed by atoms with Crippen LogP contribution in [0, 0.1) is 0 Å². The van der Waals surface area contributed by atoms with Gasteiger partial charge in [-0.05, 0) is 31.0 Å². The van der Waals surface area contributed by atoms with Crippen molar-refractivity contribution in [2.75, 3.05) is 27.3 Å². The third-order valence-electron chi connectivity index (χ3n) is 4.83. The van der Waals surface area contributed by atoms with Gasteiger partial charge < -0.3 is 24.1 Å². The lowest BCUT2D eigenvalue weighted by Gasteiger charge is -2.32. The van der Waals surface area contributed by atoms with Crippen molar-refractivity contribution in [2.45, 2.75) is 18.9 Å². The second kappa shape index (κ2) is 7.75. The quantitative estimate of drug-likeness (QED) is 0.730. The number of carbonyl (C=O) groups is 1. The van der Waals surface area contributed by atoms with Crippen LogP contribution in [0.25, 0.3) is 10.9 Å². The van der Waals surface area contributed by atoms with Gasteiger partial charge in [-0.25, -0.2) is 9.97 Å². The van der Waals surface area contributed by atoms with Crippen molar-refractivity contribution in [1.82, 2.24) is 19.9 Å². The number of H-pyrrole nitrogens is 1. The number of amides is 1. The normalized spacial score (nSPS) is 16.8. The molecule has 1 saturated heterocycles. The van der Waals surface area contributed by atoms with Crippen LogP contribution in [0.3, 0.4) is 0 Å². The minimum Gasteiger partial charge on any atom is -0.497 e. The van der Waals surface area contributed by atoms with E-state index in [4.69, 9.17) is 14.2 Å². The summed E-state index contributed by atoms with van der Waals surface area (Å²) in [5.74, 6) is 1.39. The van der Waals surface area contributed by atoms with E-state index in [1.165, 1.54) is 7.11 Å². The Bertz CT molecular complexity index is 987. The first-order chi connectivity index (χ1) is 13.7. The zero-order chi connectivity index (χ0) is 19.5. The number of aromatic amines is 1. The van der Waals surface area contributed by atoms with E-state index in [-0.39, 0.29) is 12.0 Å². The smallest absolute Gasteiger partial charge is 0.278 e. The molecule has 8 heteroatoms. The fourth-order valence-electron chi connectivity index (χ4n) is 3.43. The van der Waals surface area contributed by atoms with E-state index in [1.54, 1.807) is 24.4 Å².